The Kier molecular flexibility index (Phi) is 8.75. The lowest BCUT2D eigenvalue weighted by atomic mass is 9.66. The van der Waals surface area contributed by atoms with E-state index < -0.39 is 5.41 Å². The van der Waals surface area contributed by atoms with Gasteiger partial charge >= 0.3 is 0 Å². The third kappa shape index (κ3) is 5.98. The van der Waals surface area contributed by atoms with Crippen molar-refractivity contribution in [3.63, 3.8) is 0 Å². The molecule has 66 heavy (non-hydrogen) atoms. The Balaban J connectivity index is 1.09. The molecule has 0 saturated heterocycles. The van der Waals surface area contributed by atoms with Crippen molar-refractivity contribution in [1.29, 1.82) is 0 Å². The zero-order valence-corrected chi connectivity index (χ0v) is 35.9. The van der Waals surface area contributed by atoms with Crippen LogP contribution in [0.4, 0.5) is 0 Å². The van der Waals surface area contributed by atoms with Gasteiger partial charge in [-0.1, -0.05) is 206 Å². The molecular weight excluding hydrogens is 801 g/mol. The molecular formula is C63H40N2O. The average molecular weight is 841 g/mol. The van der Waals surface area contributed by atoms with Crippen molar-refractivity contribution >= 4 is 32.7 Å². The van der Waals surface area contributed by atoms with Gasteiger partial charge in [0, 0.05) is 33.0 Å². The predicted octanol–water partition coefficient (Wildman–Crippen LogP) is 16.2. The van der Waals surface area contributed by atoms with Crippen molar-refractivity contribution in [1.82, 2.24) is 9.97 Å². The van der Waals surface area contributed by atoms with Crippen molar-refractivity contribution < 1.29 is 4.42 Å². The Hall–Kier alpha value is -8.66. The van der Waals surface area contributed by atoms with Gasteiger partial charge < -0.3 is 4.42 Å². The molecule has 0 atom stereocenters. The van der Waals surface area contributed by atoms with Gasteiger partial charge in [0.2, 0.25) is 0 Å². The van der Waals surface area contributed by atoms with E-state index in [0.29, 0.717) is 5.82 Å². The number of furan rings is 1. The van der Waals surface area contributed by atoms with E-state index in [0.717, 1.165) is 72.3 Å². The van der Waals surface area contributed by atoms with Crippen LogP contribution in [0.25, 0.3) is 100.0 Å². The van der Waals surface area contributed by atoms with Crippen LogP contribution in [-0.2, 0) is 5.41 Å². The number of fused-ring (bicyclic) bond motifs is 7. The molecule has 0 saturated carbocycles. The van der Waals surface area contributed by atoms with Crippen LogP contribution in [0, 0.1) is 0 Å². The van der Waals surface area contributed by atoms with Crippen LogP contribution in [0.3, 0.4) is 0 Å². The second-order valence-corrected chi connectivity index (χ2v) is 17.2. The SMILES string of the molecule is c1ccc(-c2nc(-c3cc(-c4ccc5ccccc5c4)cc(-c4cccc5c4oc4ccccc45)c3)cc(-c3cccc4c3C(c3ccccc3)(c3ccccc3)c3ccccc3-4)n2)cc1. The molecule has 0 aliphatic heterocycles. The summed E-state index contributed by atoms with van der Waals surface area (Å²) in [4.78, 5) is 11.0. The number of benzene rings is 10. The third-order valence-corrected chi connectivity index (χ3v) is 13.5. The Morgan fingerprint density at radius 2 is 0.924 bits per heavy atom. The zero-order chi connectivity index (χ0) is 43.6. The number of hydrogen-bond acceptors (Lipinski definition) is 3. The molecule has 308 valence electrons. The molecule has 1 aliphatic carbocycles. The van der Waals surface area contributed by atoms with Gasteiger partial charge in [0.05, 0.1) is 16.8 Å². The maximum Gasteiger partial charge on any atom is 0.160 e. The fourth-order valence-corrected chi connectivity index (χ4v) is 10.6. The number of para-hydroxylation sites is 2. The normalized spacial score (nSPS) is 12.7. The fraction of sp³-hybridized carbons (Fsp3) is 0.0159. The monoisotopic (exact) mass is 840 g/mol. The molecule has 3 nitrogen and oxygen atoms in total. The Labute approximate surface area is 383 Å². The van der Waals surface area contributed by atoms with Gasteiger partial charge in [-0.15, -0.1) is 0 Å². The second-order valence-electron chi connectivity index (χ2n) is 17.2. The highest BCUT2D eigenvalue weighted by atomic mass is 16.3. The molecule has 0 amide bonds. The molecule has 0 fully saturated rings. The van der Waals surface area contributed by atoms with Gasteiger partial charge in [-0.05, 0) is 97.2 Å². The number of aromatic nitrogens is 2. The molecule has 12 aromatic rings. The maximum atomic E-state index is 6.68. The van der Waals surface area contributed by atoms with Crippen LogP contribution in [0.5, 0.6) is 0 Å². The first-order valence-electron chi connectivity index (χ1n) is 22.6. The first kappa shape index (κ1) is 37.9. The van der Waals surface area contributed by atoms with Crippen molar-refractivity contribution in [3.8, 4) is 67.3 Å². The molecule has 10 aromatic carbocycles. The highest BCUT2D eigenvalue weighted by Crippen LogP contribution is 2.58. The fourth-order valence-electron chi connectivity index (χ4n) is 10.6. The van der Waals surface area contributed by atoms with E-state index in [4.69, 9.17) is 14.4 Å². The van der Waals surface area contributed by atoms with E-state index in [1.54, 1.807) is 0 Å². The largest absolute Gasteiger partial charge is 0.455 e. The van der Waals surface area contributed by atoms with Crippen molar-refractivity contribution in [2.75, 3.05) is 0 Å². The summed E-state index contributed by atoms with van der Waals surface area (Å²) in [5, 5.41) is 4.59. The van der Waals surface area contributed by atoms with Crippen LogP contribution >= 0.6 is 0 Å². The summed E-state index contributed by atoms with van der Waals surface area (Å²) in [7, 11) is 0. The van der Waals surface area contributed by atoms with Crippen LogP contribution in [0.1, 0.15) is 22.3 Å². The minimum absolute atomic E-state index is 0.614. The standard InChI is InChI=1S/C63H40N2O/c1-4-19-42(20-5-1)62-64-57(40-58(65-62)55-31-17-29-53-51-26-12-14-32-56(51)63(60(53)55,48-22-6-2-7-23-48)49-24-8-3-9-25-49)47-38-45(44-35-34-41-18-10-11-21-43(41)36-44)37-46(39-47)50-28-16-30-54-52-27-13-15-33-59(52)66-61(50)54/h1-40H. The summed E-state index contributed by atoms with van der Waals surface area (Å²) in [6.45, 7) is 0. The first-order chi connectivity index (χ1) is 32.7. The van der Waals surface area contributed by atoms with Gasteiger partial charge in [0.25, 0.3) is 0 Å². The van der Waals surface area contributed by atoms with Gasteiger partial charge in [-0.25, -0.2) is 9.97 Å². The maximum absolute atomic E-state index is 6.68. The van der Waals surface area contributed by atoms with Crippen LogP contribution in [0.15, 0.2) is 247 Å². The molecule has 2 aromatic heterocycles. The van der Waals surface area contributed by atoms with Gasteiger partial charge in [-0.3, -0.25) is 0 Å². The van der Waals surface area contributed by atoms with Crippen molar-refractivity contribution in [3.05, 3.63) is 265 Å². The van der Waals surface area contributed by atoms with Crippen molar-refractivity contribution in [2.24, 2.45) is 0 Å². The van der Waals surface area contributed by atoms with E-state index >= 15 is 0 Å². The molecule has 2 heterocycles. The summed E-state index contributed by atoms with van der Waals surface area (Å²) in [6.07, 6.45) is 0. The second kappa shape index (κ2) is 15.3. The Morgan fingerprint density at radius 1 is 0.333 bits per heavy atom. The van der Waals surface area contributed by atoms with Crippen LogP contribution in [-0.4, -0.2) is 9.97 Å². The van der Waals surface area contributed by atoms with E-state index in [9.17, 15) is 0 Å². The summed E-state index contributed by atoms with van der Waals surface area (Å²) in [6, 6.07) is 87.1. The molecule has 0 radical (unpaired) electrons. The van der Waals surface area contributed by atoms with Crippen LogP contribution < -0.4 is 0 Å². The molecule has 0 bridgehead atoms. The summed E-state index contributed by atoms with van der Waals surface area (Å²) >= 11 is 0. The van der Waals surface area contributed by atoms with E-state index in [1.165, 1.54) is 44.2 Å². The topological polar surface area (TPSA) is 38.9 Å². The lowest BCUT2D eigenvalue weighted by Gasteiger charge is -2.35. The highest BCUT2D eigenvalue weighted by Gasteiger charge is 2.47. The lowest BCUT2D eigenvalue weighted by Crippen LogP contribution is -2.29. The summed E-state index contributed by atoms with van der Waals surface area (Å²) < 4.78 is 6.68. The molecule has 0 spiro atoms. The Morgan fingerprint density at radius 3 is 1.74 bits per heavy atom. The number of rotatable bonds is 7. The Bertz CT molecular complexity index is 3780. The van der Waals surface area contributed by atoms with Gasteiger partial charge in [0.1, 0.15) is 11.2 Å². The number of nitrogens with zero attached hydrogens (tertiary/aromatic N) is 2. The molecule has 3 heteroatoms. The zero-order valence-electron chi connectivity index (χ0n) is 35.9. The van der Waals surface area contributed by atoms with Crippen LogP contribution in [0.2, 0.25) is 0 Å². The predicted molar refractivity (Wildman–Crippen MR) is 271 cm³/mol. The first-order valence-corrected chi connectivity index (χ1v) is 22.6. The minimum Gasteiger partial charge on any atom is -0.455 e. The average Bonchev–Trinajstić information content (AvgIpc) is 3.93. The summed E-state index contributed by atoms with van der Waals surface area (Å²) in [5.74, 6) is 0.665. The highest BCUT2D eigenvalue weighted by molar-refractivity contribution is 6.10. The minimum atomic E-state index is -0.614. The summed E-state index contributed by atoms with van der Waals surface area (Å²) in [5.41, 5.74) is 17.4. The van der Waals surface area contributed by atoms with Gasteiger partial charge in [-0.2, -0.15) is 0 Å². The van der Waals surface area contributed by atoms with E-state index in [1.807, 2.05) is 18.2 Å². The van der Waals surface area contributed by atoms with E-state index in [2.05, 4.69) is 224 Å². The van der Waals surface area contributed by atoms with E-state index in [-0.39, 0.29) is 0 Å². The smallest absolute Gasteiger partial charge is 0.160 e. The number of hydrogen-bond donors (Lipinski definition) is 0. The molecule has 1 aliphatic rings. The molecule has 13 rings (SSSR count). The molecule has 0 unspecified atom stereocenters. The molecule has 0 N–H and O–H groups in total. The third-order valence-electron chi connectivity index (χ3n) is 13.5. The lowest BCUT2D eigenvalue weighted by molar-refractivity contribution is 0.670. The van der Waals surface area contributed by atoms with Gasteiger partial charge in [0.15, 0.2) is 5.82 Å². The quantitative estimate of drug-likeness (QED) is 0.160. The van der Waals surface area contributed by atoms with Crippen molar-refractivity contribution in [2.45, 2.75) is 5.41 Å².